The van der Waals surface area contributed by atoms with Crippen molar-refractivity contribution in [1.29, 1.82) is 0 Å². The lowest BCUT2D eigenvalue weighted by Gasteiger charge is -2.64. The van der Waals surface area contributed by atoms with E-state index in [9.17, 15) is 15.0 Å². The summed E-state index contributed by atoms with van der Waals surface area (Å²) in [6, 6.07) is 16.0. The van der Waals surface area contributed by atoms with Crippen molar-refractivity contribution in [1.82, 2.24) is 9.80 Å². The second kappa shape index (κ2) is 9.72. The average Bonchev–Trinajstić information content (AvgIpc) is 3.52. The zero-order chi connectivity index (χ0) is 27.6. The second-order valence-corrected chi connectivity index (χ2v) is 13.6. The van der Waals surface area contributed by atoms with E-state index >= 15 is 0 Å². The van der Waals surface area contributed by atoms with Gasteiger partial charge in [-0.25, -0.2) is 0 Å². The Kier molecular flexibility index (Phi) is 6.38. The summed E-state index contributed by atoms with van der Waals surface area (Å²) >= 11 is 5.04. The van der Waals surface area contributed by atoms with Crippen LogP contribution in [-0.4, -0.2) is 69.8 Å². The van der Waals surface area contributed by atoms with Crippen molar-refractivity contribution in [3.63, 3.8) is 0 Å². The van der Waals surface area contributed by atoms with Crippen molar-refractivity contribution in [3.8, 4) is 11.5 Å². The number of halogens is 1. The van der Waals surface area contributed by atoms with Gasteiger partial charge in [-0.3, -0.25) is 9.69 Å². The lowest BCUT2D eigenvalue weighted by molar-refractivity contribution is -0.197. The van der Waals surface area contributed by atoms with Crippen molar-refractivity contribution in [3.05, 3.63) is 86.0 Å². The van der Waals surface area contributed by atoms with Gasteiger partial charge >= 0.3 is 0 Å². The third-order valence-electron chi connectivity index (χ3n) is 9.89. The largest absolute Gasteiger partial charge is 0.504 e. The van der Waals surface area contributed by atoms with Crippen molar-refractivity contribution < 1.29 is 19.7 Å². The number of aliphatic hydroxyl groups is 1. The number of phenolic OH excluding ortho intramolecular Hbond substituents is 1. The molecule has 2 fully saturated rings. The monoisotopic (exact) mass is 620 g/mol. The standard InChI is InChI=1S/C32H33BrN2O4S/c1-34(28(37)10-8-24-16-22(33)19-40-24)23-17-27-31-12-14-35(13-11-20-5-3-2-4-6-20)26(32(31,38)18-23)15-21-7-9-25(36)30(39-27)29(21)31/h2-10,16,19,23,26-27,36,38H,11-15,17-18H2,1H3/b10-8+/t23-,26-,27+,31-,32-/m1/s1. The number of likely N-dealkylation sites (N-methyl/N-ethyl adjacent to an activating group) is 1. The molecule has 5 atom stereocenters. The topological polar surface area (TPSA) is 73.2 Å². The van der Waals surface area contributed by atoms with Gasteiger partial charge < -0.3 is 19.8 Å². The molecule has 0 unspecified atom stereocenters. The first-order valence-electron chi connectivity index (χ1n) is 14.0. The lowest BCUT2D eigenvalue weighted by Crippen LogP contribution is -2.77. The van der Waals surface area contributed by atoms with E-state index in [1.807, 2.05) is 36.7 Å². The summed E-state index contributed by atoms with van der Waals surface area (Å²) in [5.74, 6) is 0.589. The third-order valence-corrected chi connectivity index (χ3v) is 11.5. The molecule has 6 nitrogen and oxygen atoms in total. The highest BCUT2D eigenvalue weighted by atomic mass is 79.9. The molecule has 2 aliphatic carbocycles. The van der Waals surface area contributed by atoms with Gasteiger partial charge in [0.15, 0.2) is 11.5 Å². The highest BCUT2D eigenvalue weighted by Crippen LogP contribution is 2.65. The Labute approximate surface area is 247 Å². The number of piperidine rings is 1. The van der Waals surface area contributed by atoms with Crippen molar-refractivity contribution in [2.24, 2.45) is 0 Å². The van der Waals surface area contributed by atoms with Crippen molar-refractivity contribution in [2.75, 3.05) is 20.1 Å². The predicted octanol–water partition coefficient (Wildman–Crippen LogP) is 5.15. The summed E-state index contributed by atoms with van der Waals surface area (Å²) in [4.78, 5) is 18.6. The minimum atomic E-state index is -1.08. The molecule has 0 radical (unpaired) electrons. The van der Waals surface area contributed by atoms with Gasteiger partial charge in [0.1, 0.15) is 6.10 Å². The van der Waals surface area contributed by atoms with E-state index in [1.165, 1.54) is 11.1 Å². The fraction of sp³-hybridized carbons (Fsp3) is 0.406. The molecular formula is C32H33BrN2O4S. The minimum Gasteiger partial charge on any atom is -0.504 e. The first-order chi connectivity index (χ1) is 19.3. The number of ether oxygens (including phenoxy) is 1. The minimum absolute atomic E-state index is 0.0879. The van der Waals surface area contributed by atoms with Crippen LogP contribution in [0.1, 0.15) is 40.8 Å². The molecule has 2 N–H and O–H groups in total. The summed E-state index contributed by atoms with van der Waals surface area (Å²) < 4.78 is 7.54. The lowest BCUT2D eigenvalue weighted by atomic mass is 9.48. The molecule has 40 heavy (non-hydrogen) atoms. The van der Waals surface area contributed by atoms with Crippen LogP contribution in [-0.2, 0) is 23.1 Å². The van der Waals surface area contributed by atoms with Crippen LogP contribution in [0, 0.1) is 0 Å². The number of benzene rings is 2. The van der Waals surface area contributed by atoms with Crippen LogP contribution in [0.15, 0.2) is 64.5 Å². The number of aromatic hydroxyl groups is 1. The molecule has 8 heteroatoms. The van der Waals surface area contributed by atoms with E-state index < -0.39 is 11.0 Å². The number of carbonyl (C=O) groups excluding carboxylic acids is 1. The predicted molar refractivity (Wildman–Crippen MR) is 160 cm³/mol. The van der Waals surface area contributed by atoms with Gasteiger partial charge in [-0.05, 0) is 77.5 Å². The second-order valence-electron chi connectivity index (χ2n) is 11.7. The molecule has 3 aromatic rings. The SMILES string of the molecule is CN(C(=O)/C=C/c1cc(Br)cs1)[C@@H]1C[C@@H]2Oc3c(O)ccc4c3[C@@]23CCN(CCc2ccccc2)[C@H](C4)[C@]3(O)C1. The maximum absolute atomic E-state index is 13.3. The summed E-state index contributed by atoms with van der Waals surface area (Å²) in [5, 5.41) is 25.7. The first-order valence-corrected chi connectivity index (χ1v) is 15.7. The molecular weight excluding hydrogens is 588 g/mol. The van der Waals surface area contributed by atoms with E-state index in [-0.39, 0.29) is 29.8 Å². The van der Waals surface area contributed by atoms with Crippen molar-refractivity contribution in [2.45, 2.75) is 61.3 Å². The summed E-state index contributed by atoms with van der Waals surface area (Å²) in [5.41, 5.74) is 1.80. The normalized spacial score (nSPS) is 30.2. The van der Waals surface area contributed by atoms with Crippen molar-refractivity contribution >= 4 is 39.2 Å². The van der Waals surface area contributed by atoms with Gasteiger partial charge in [0, 0.05) is 58.5 Å². The molecule has 1 spiro atoms. The molecule has 2 aromatic carbocycles. The van der Waals surface area contributed by atoms with E-state index in [4.69, 9.17) is 4.74 Å². The fourth-order valence-electron chi connectivity index (χ4n) is 7.98. The molecule has 4 aliphatic rings. The number of likely N-dealkylation sites (tertiary alicyclic amines) is 1. The van der Waals surface area contributed by atoms with E-state index in [0.29, 0.717) is 25.0 Å². The van der Waals surface area contributed by atoms with Crippen LogP contribution in [0.2, 0.25) is 0 Å². The average molecular weight is 622 g/mol. The molecule has 1 saturated heterocycles. The van der Waals surface area contributed by atoms with Crippen LogP contribution in [0.3, 0.4) is 0 Å². The van der Waals surface area contributed by atoms with Crippen LogP contribution in [0.4, 0.5) is 0 Å². The Morgan fingerprint density at radius 2 is 2.10 bits per heavy atom. The zero-order valence-corrected chi connectivity index (χ0v) is 24.8. The number of hydrogen-bond donors (Lipinski definition) is 2. The number of thiophene rings is 1. The molecule has 3 heterocycles. The highest BCUT2D eigenvalue weighted by Gasteiger charge is 2.72. The third kappa shape index (κ3) is 3.91. The molecule has 2 aliphatic heterocycles. The highest BCUT2D eigenvalue weighted by molar-refractivity contribution is 9.10. The molecule has 1 saturated carbocycles. The summed E-state index contributed by atoms with van der Waals surface area (Å²) in [6.07, 6.45) is 6.64. The number of hydrogen-bond acceptors (Lipinski definition) is 6. The van der Waals surface area contributed by atoms with Gasteiger partial charge in [0.25, 0.3) is 0 Å². The smallest absolute Gasteiger partial charge is 0.246 e. The Morgan fingerprint density at radius 3 is 2.88 bits per heavy atom. The number of rotatable bonds is 6. The number of nitrogens with zero attached hydrogens (tertiary/aromatic N) is 2. The Morgan fingerprint density at radius 1 is 1.27 bits per heavy atom. The molecule has 1 aromatic heterocycles. The van der Waals surface area contributed by atoms with Gasteiger partial charge in [-0.15, -0.1) is 11.3 Å². The summed E-state index contributed by atoms with van der Waals surface area (Å²) in [6.45, 7) is 1.73. The van der Waals surface area contributed by atoms with Crippen LogP contribution in [0.25, 0.3) is 6.08 Å². The van der Waals surface area contributed by atoms with Gasteiger partial charge in [0.05, 0.1) is 11.0 Å². The van der Waals surface area contributed by atoms with E-state index in [2.05, 4.69) is 45.1 Å². The number of amides is 1. The van der Waals surface area contributed by atoms with Crippen LogP contribution < -0.4 is 4.74 Å². The van der Waals surface area contributed by atoms with Crippen LogP contribution >= 0.6 is 27.3 Å². The van der Waals surface area contributed by atoms with Gasteiger partial charge in [-0.2, -0.15) is 0 Å². The first kappa shape index (κ1) is 26.3. The Bertz CT molecular complexity index is 1490. The maximum atomic E-state index is 13.3. The molecule has 208 valence electrons. The summed E-state index contributed by atoms with van der Waals surface area (Å²) in [7, 11) is 1.83. The number of carbonyl (C=O) groups is 1. The van der Waals surface area contributed by atoms with Gasteiger partial charge in [-0.1, -0.05) is 36.4 Å². The molecule has 2 bridgehead atoms. The van der Waals surface area contributed by atoms with Crippen LogP contribution in [0.5, 0.6) is 11.5 Å². The van der Waals surface area contributed by atoms with Gasteiger partial charge in [0.2, 0.25) is 5.91 Å². The quantitative estimate of drug-likeness (QED) is 0.373. The van der Waals surface area contributed by atoms with E-state index in [1.54, 1.807) is 28.4 Å². The number of phenols is 1. The Hall–Kier alpha value is -2.65. The molecule has 1 amide bonds. The fourth-order valence-corrected chi connectivity index (χ4v) is 9.31. The Balaban J connectivity index is 1.22. The van der Waals surface area contributed by atoms with E-state index in [0.717, 1.165) is 40.8 Å². The maximum Gasteiger partial charge on any atom is 0.246 e. The zero-order valence-electron chi connectivity index (χ0n) is 22.4. The molecule has 7 rings (SSSR count).